The van der Waals surface area contributed by atoms with Crippen molar-refractivity contribution in [3.63, 3.8) is 0 Å². The third-order valence-corrected chi connectivity index (χ3v) is 6.52. The Bertz CT molecular complexity index is 525. The molecule has 2 aliphatic rings. The maximum Gasteiger partial charge on any atom is 0.220 e. The van der Waals surface area contributed by atoms with Gasteiger partial charge in [0, 0.05) is 32.7 Å². The molecular weight excluding hydrogens is 328 g/mol. The van der Waals surface area contributed by atoms with Gasteiger partial charge >= 0.3 is 0 Å². The van der Waals surface area contributed by atoms with E-state index in [2.05, 4.69) is 19.2 Å². The van der Waals surface area contributed by atoms with Crippen molar-refractivity contribution in [3.8, 4) is 0 Å². The van der Waals surface area contributed by atoms with E-state index in [1.54, 1.807) is 0 Å². The molecule has 140 valence electrons. The summed E-state index contributed by atoms with van der Waals surface area (Å²) in [6.45, 7) is 6.75. The van der Waals surface area contributed by atoms with Crippen LogP contribution < -0.4 is 5.32 Å². The summed E-state index contributed by atoms with van der Waals surface area (Å²) in [5.41, 5.74) is -0.234. The highest BCUT2D eigenvalue weighted by Crippen LogP contribution is 2.39. The summed E-state index contributed by atoms with van der Waals surface area (Å²) in [5, 5.41) is 3.01. The second kappa shape index (κ2) is 8.15. The Balaban J connectivity index is 1.81. The van der Waals surface area contributed by atoms with Crippen molar-refractivity contribution in [1.29, 1.82) is 0 Å². The Kier molecular flexibility index (Phi) is 6.67. The van der Waals surface area contributed by atoms with Crippen molar-refractivity contribution in [1.82, 2.24) is 9.62 Å². The molecule has 1 spiro atoms. The first-order valence-electron chi connectivity index (χ1n) is 9.06. The molecule has 2 fully saturated rings. The van der Waals surface area contributed by atoms with Gasteiger partial charge in [0.05, 0.1) is 11.9 Å². The summed E-state index contributed by atoms with van der Waals surface area (Å²) in [7, 11) is -3.12. The Hall–Kier alpha value is -0.660. The van der Waals surface area contributed by atoms with Crippen molar-refractivity contribution >= 4 is 15.9 Å². The average molecular weight is 361 g/mol. The van der Waals surface area contributed by atoms with Gasteiger partial charge in [0.15, 0.2) is 0 Å². The molecule has 1 N–H and O–H groups in total. The molecule has 0 aliphatic carbocycles. The highest BCUT2D eigenvalue weighted by atomic mass is 32.2. The minimum atomic E-state index is -3.12. The molecule has 6 nitrogen and oxygen atoms in total. The van der Waals surface area contributed by atoms with Gasteiger partial charge in [-0.05, 0) is 43.9 Å². The number of hydrogen-bond donors (Lipinski definition) is 1. The van der Waals surface area contributed by atoms with Gasteiger partial charge in [-0.15, -0.1) is 0 Å². The fourth-order valence-corrected chi connectivity index (χ4v) is 4.56. The topological polar surface area (TPSA) is 75.7 Å². The van der Waals surface area contributed by atoms with E-state index in [4.69, 9.17) is 4.74 Å². The first kappa shape index (κ1) is 19.7. The van der Waals surface area contributed by atoms with Crippen LogP contribution in [-0.4, -0.2) is 56.7 Å². The molecule has 0 aromatic heterocycles. The summed E-state index contributed by atoms with van der Waals surface area (Å²) < 4.78 is 30.9. The van der Waals surface area contributed by atoms with Gasteiger partial charge in [-0.25, -0.2) is 12.7 Å². The predicted octanol–water partition coefficient (Wildman–Crippen LogP) is 1.76. The summed E-state index contributed by atoms with van der Waals surface area (Å²) >= 11 is 0. The SMILES string of the molecule is CC(C)CCNC(=O)CC1CCOC2(CCN(S(C)(=O)=O)CC2)C1. The van der Waals surface area contributed by atoms with Crippen LogP contribution in [-0.2, 0) is 19.6 Å². The number of rotatable bonds is 6. The predicted molar refractivity (Wildman–Crippen MR) is 94.1 cm³/mol. The lowest BCUT2D eigenvalue weighted by molar-refractivity contribution is -0.132. The van der Waals surface area contributed by atoms with Gasteiger partial charge in [0.2, 0.25) is 15.9 Å². The van der Waals surface area contributed by atoms with E-state index in [1.807, 2.05) is 0 Å². The molecule has 2 rings (SSSR count). The molecule has 1 atom stereocenters. The van der Waals surface area contributed by atoms with E-state index in [-0.39, 0.29) is 11.5 Å². The minimum absolute atomic E-state index is 0.131. The number of hydrogen-bond acceptors (Lipinski definition) is 4. The molecule has 0 aromatic carbocycles. The zero-order chi connectivity index (χ0) is 17.8. The van der Waals surface area contributed by atoms with Crippen molar-refractivity contribution in [3.05, 3.63) is 0 Å². The number of ether oxygens (including phenoxy) is 1. The second-order valence-electron chi connectivity index (χ2n) is 7.79. The van der Waals surface area contributed by atoms with Crippen LogP contribution in [0.5, 0.6) is 0 Å². The van der Waals surface area contributed by atoms with E-state index in [0.717, 1.165) is 38.6 Å². The van der Waals surface area contributed by atoms with E-state index >= 15 is 0 Å². The third-order valence-electron chi connectivity index (χ3n) is 5.22. The van der Waals surface area contributed by atoms with E-state index in [0.29, 0.717) is 38.0 Å². The highest BCUT2D eigenvalue weighted by Gasteiger charge is 2.42. The van der Waals surface area contributed by atoms with Crippen molar-refractivity contribution < 1.29 is 17.9 Å². The van der Waals surface area contributed by atoms with Gasteiger partial charge in [0.1, 0.15) is 0 Å². The Morgan fingerprint density at radius 1 is 1.33 bits per heavy atom. The number of carbonyl (C=O) groups excluding carboxylic acids is 1. The molecule has 0 bridgehead atoms. The van der Waals surface area contributed by atoms with Crippen molar-refractivity contribution in [2.24, 2.45) is 11.8 Å². The Morgan fingerprint density at radius 2 is 2.00 bits per heavy atom. The Labute approximate surface area is 146 Å². The zero-order valence-corrected chi connectivity index (χ0v) is 16.0. The van der Waals surface area contributed by atoms with Gasteiger partial charge in [-0.1, -0.05) is 13.8 Å². The molecular formula is C17H32N2O4S. The molecule has 0 saturated carbocycles. The molecule has 0 radical (unpaired) electrons. The fraction of sp³-hybridized carbons (Fsp3) is 0.941. The van der Waals surface area contributed by atoms with Crippen LogP contribution >= 0.6 is 0 Å². The molecule has 1 unspecified atom stereocenters. The van der Waals surface area contributed by atoms with E-state index in [1.165, 1.54) is 10.6 Å². The second-order valence-corrected chi connectivity index (χ2v) is 9.77. The molecule has 24 heavy (non-hydrogen) atoms. The molecule has 7 heteroatoms. The quantitative estimate of drug-likeness (QED) is 0.783. The normalized spacial score (nSPS) is 25.1. The Morgan fingerprint density at radius 3 is 2.58 bits per heavy atom. The number of piperidine rings is 1. The summed E-state index contributed by atoms with van der Waals surface area (Å²) in [5.74, 6) is 1.06. The van der Waals surface area contributed by atoms with Gasteiger partial charge < -0.3 is 10.1 Å². The van der Waals surface area contributed by atoms with Crippen LogP contribution in [0.4, 0.5) is 0 Å². The zero-order valence-electron chi connectivity index (χ0n) is 15.2. The molecule has 1 amide bonds. The van der Waals surface area contributed by atoms with Crippen LogP contribution in [0, 0.1) is 11.8 Å². The molecule has 2 heterocycles. The largest absolute Gasteiger partial charge is 0.375 e. The van der Waals surface area contributed by atoms with E-state index < -0.39 is 10.0 Å². The van der Waals surface area contributed by atoms with Crippen molar-refractivity contribution in [2.45, 2.75) is 58.0 Å². The van der Waals surface area contributed by atoms with Crippen LogP contribution in [0.2, 0.25) is 0 Å². The lowest BCUT2D eigenvalue weighted by atomic mass is 9.78. The van der Waals surface area contributed by atoms with Crippen LogP contribution in [0.3, 0.4) is 0 Å². The number of amides is 1. The number of carbonyl (C=O) groups is 1. The maximum absolute atomic E-state index is 12.1. The third kappa shape index (κ3) is 5.70. The fourth-order valence-electron chi connectivity index (χ4n) is 3.71. The van der Waals surface area contributed by atoms with Crippen LogP contribution in [0.15, 0.2) is 0 Å². The summed E-state index contributed by atoms with van der Waals surface area (Å²) in [4.78, 5) is 12.1. The van der Waals surface area contributed by atoms with Gasteiger partial charge in [0.25, 0.3) is 0 Å². The highest BCUT2D eigenvalue weighted by molar-refractivity contribution is 7.88. The van der Waals surface area contributed by atoms with Crippen LogP contribution in [0.25, 0.3) is 0 Å². The molecule has 0 aromatic rings. The van der Waals surface area contributed by atoms with Gasteiger partial charge in [-0.3, -0.25) is 4.79 Å². The lowest BCUT2D eigenvalue weighted by Gasteiger charge is -2.45. The van der Waals surface area contributed by atoms with Crippen LogP contribution in [0.1, 0.15) is 52.4 Å². The van der Waals surface area contributed by atoms with E-state index in [9.17, 15) is 13.2 Å². The maximum atomic E-state index is 12.1. The van der Waals surface area contributed by atoms with Crippen molar-refractivity contribution in [2.75, 3.05) is 32.5 Å². The monoisotopic (exact) mass is 360 g/mol. The molecule has 2 saturated heterocycles. The van der Waals surface area contributed by atoms with Gasteiger partial charge in [-0.2, -0.15) is 0 Å². The smallest absolute Gasteiger partial charge is 0.220 e. The summed E-state index contributed by atoms with van der Waals surface area (Å²) in [6.07, 6.45) is 6.05. The summed E-state index contributed by atoms with van der Waals surface area (Å²) in [6, 6.07) is 0. The lowest BCUT2D eigenvalue weighted by Crippen LogP contribution is -2.50. The number of nitrogens with one attached hydrogen (secondary N) is 1. The standard InChI is InChI=1S/C17H32N2O4S/c1-14(2)4-8-18-16(20)12-15-5-11-23-17(13-15)6-9-19(10-7-17)24(3,21)22/h14-15H,4-13H2,1-3H3,(H,18,20). The molecule has 2 aliphatic heterocycles. The minimum Gasteiger partial charge on any atom is -0.375 e. The number of sulfonamides is 1. The average Bonchev–Trinajstić information content (AvgIpc) is 2.46. The first-order chi connectivity index (χ1) is 11.2. The first-order valence-corrected chi connectivity index (χ1v) is 10.9. The number of nitrogens with zero attached hydrogens (tertiary/aromatic N) is 1.